The van der Waals surface area contributed by atoms with E-state index in [-0.39, 0.29) is 5.82 Å². The van der Waals surface area contributed by atoms with E-state index in [4.69, 9.17) is 4.42 Å². The van der Waals surface area contributed by atoms with Gasteiger partial charge in [-0.1, -0.05) is 42.5 Å². The number of nitrogens with zero attached hydrogens (tertiary/aromatic N) is 1. The summed E-state index contributed by atoms with van der Waals surface area (Å²) in [6.45, 7) is 6.14. The maximum Gasteiger partial charge on any atom is 0.149 e. The third kappa shape index (κ3) is 2.82. The standard InChI is InChI=1S/C26H20FNO/c1-15-11-17(3)21(12-16(15)2)22-13-24(28-14-23(22)27)20-9-6-8-19-18-7-4-5-10-25(18)29-26(19)20/h4-14H,1-3H3. The highest BCUT2D eigenvalue weighted by molar-refractivity contribution is 6.09. The van der Waals surface area contributed by atoms with E-state index in [2.05, 4.69) is 24.0 Å². The number of halogens is 1. The van der Waals surface area contributed by atoms with Gasteiger partial charge in [0.25, 0.3) is 0 Å². The van der Waals surface area contributed by atoms with E-state index < -0.39 is 0 Å². The van der Waals surface area contributed by atoms with E-state index in [1.54, 1.807) is 0 Å². The summed E-state index contributed by atoms with van der Waals surface area (Å²) >= 11 is 0. The van der Waals surface area contributed by atoms with E-state index in [1.165, 1.54) is 11.8 Å². The van der Waals surface area contributed by atoms with Crippen LogP contribution in [0.3, 0.4) is 0 Å². The highest BCUT2D eigenvalue weighted by Crippen LogP contribution is 2.37. The summed E-state index contributed by atoms with van der Waals surface area (Å²) in [5.41, 5.74) is 8.01. The average Bonchev–Trinajstić information content (AvgIpc) is 3.10. The molecule has 3 heteroatoms. The minimum Gasteiger partial charge on any atom is -0.455 e. The minimum atomic E-state index is -0.322. The Morgan fingerprint density at radius 2 is 1.48 bits per heavy atom. The normalized spacial score (nSPS) is 11.4. The highest BCUT2D eigenvalue weighted by Gasteiger charge is 2.16. The predicted octanol–water partition coefficient (Wildman–Crippen LogP) is 7.38. The van der Waals surface area contributed by atoms with E-state index >= 15 is 0 Å². The molecule has 0 amide bonds. The second kappa shape index (κ2) is 6.56. The average molecular weight is 381 g/mol. The molecule has 0 saturated heterocycles. The van der Waals surface area contributed by atoms with Crippen LogP contribution in [0.5, 0.6) is 0 Å². The largest absolute Gasteiger partial charge is 0.455 e. The molecule has 2 nitrogen and oxygen atoms in total. The van der Waals surface area contributed by atoms with Crippen molar-refractivity contribution in [2.45, 2.75) is 20.8 Å². The van der Waals surface area contributed by atoms with Crippen LogP contribution in [0.15, 0.2) is 71.3 Å². The first-order valence-electron chi connectivity index (χ1n) is 9.67. The van der Waals surface area contributed by atoms with Crippen molar-refractivity contribution < 1.29 is 8.81 Å². The first-order valence-corrected chi connectivity index (χ1v) is 9.67. The van der Waals surface area contributed by atoms with Crippen LogP contribution in [0.1, 0.15) is 16.7 Å². The van der Waals surface area contributed by atoms with Crippen molar-refractivity contribution in [2.24, 2.45) is 0 Å². The zero-order valence-corrected chi connectivity index (χ0v) is 16.6. The molecule has 29 heavy (non-hydrogen) atoms. The van der Waals surface area contributed by atoms with Crippen LogP contribution in [0.4, 0.5) is 4.39 Å². The van der Waals surface area contributed by atoms with Crippen LogP contribution in [-0.2, 0) is 0 Å². The van der Waals surface area contributed by atoms with E-state index in [1.807, 2.05) is 62.4 Å². The lowest BCUT2D eigenvalue weighted by Crippen LogP contribution is -1.94. The molecule has 5 aromatic rings. The van der Waals surface area contributed by atoms with Crippen molar-refractivity contribution in [1.82, 2.24) is 4.98 Å². The van der Waals surface area contributed by atoms with Gasteiger partial charge in [0.1, 0.15) is 17.0 Å². The fourth-order valence-corrected chi connectivity index (χ4v) is 3.99. The van der Waals surface area contributed by atoms with Crippen LogP contribution in [0.25, 0.3) is 44.3 Å². The Hall–Kier alpha value is -3.46. The molecule has 0 saturated carbocycles. The Bertz CT molecular complexity index is 1400. The summed E-state index contributed by atoms with van der Waals surface area (Å²) in [4.78, 5) is 4.39. The third-order valence-electron chi connectivity index (χ3n) is 5.67. The number of pyridine rings is 1. The molecule has 0 aliphatic carbocycles. The molecule has 0 atom stereocenters. The Balaban J connectivity index is 1.75. The molecule has 0 spiro atoms. The zero-order chi connectivity index (χ0) is 20.1. The van der Waals surface area contributed by atoms with Gasteiger partial charge < -0.3 is 4.42 Å². The summed E-state index contributed by atoms with van der Waals surface area (Å²) in [6, 6.07) is 20.0. The Kier molecular flexibility index (Phi) is 3.99. The molecule has 0 N–H and O–H groups in total. The van der Waals surface area contributed by atoms with Crippen LogP contribution in [-0.4, -0.2) is 4.98 Å². The van der Waals surface area contributed by atoms with Gasteiger partial charge >= 0.3 is 0 Å². The Morgan fingerprint density at radius 3 is 2.34 bits per heavy atom. The van der Waals surface area contributed by atoms with Crippen molar-refractivity contribution in [1.29, 1.82) is 0 Å². The number of aromatic nitrogens is 1. The molecule has 2 heterocycles. The monoisotopic (exact) mass is 381 g/mol. The molecule has 0 radical (unpaired) electrons. The van der Waals surface area contributed by atoms with Crippen molar-refractivity contribution in [2.75, 3.05) is 0 Å². The fraction of sp³-hybridized carbons (Fsp3) is 0.115. The summed E-state index contributed by atoms with van der Waals surface area (Å²) < 4.78 is 20.9. The van der Waals surface area contributed by atoms with Gasteiger partial charge in [-0.3, -0.25) is 4.98 Å². The second-order valence-corrected chi connectivity index (χ2v) is 7.58. The lowest BCUT2D eigenvalue weighted by molar-refractivity contribution is 0.625. The van der Waals surface area contributed by atoms with Crippen molar-refractivity contribution in [3.05, 3.63) is 89.4 Å². The minimum absolute atomic E-state index is 0.322. The van der Waals surface area contributed by atoms with Gasteiger partial charge in [-0.25, -0.2) is 4.39 Å². The lowest BCUT2D eigenvalue weighted by atomic mass is 9.94. The molecule has 0 aliphatic rings. The van der Waals surface area contributed by atoms with E-state index in [0.29, 0.717) is 11.3 Å². The fourth-order valence-electron chi connectivity index (χ4n) is 3.99. The van der Waals surface area contributed by atoms with Gasteiger partial charge in [-0.05, 0) is 61.2 Å². The topological polar surface area (TPSA) is 26.0 Å². The number of rotatable bonds is 2. The lowest BCUT2D eigenvalue weighted by Gasteiger charge is -2.12. The number of hydrogen-bond donors (Lipinski definition) is 0. The van der Waals surface area contributed by atoms with Crippen molar-refractivity contribution in [3.8, 4) is 22.4 Å². The Morgan fingerprint density at radius 1 is 0.724 bits per heavy atom. The smallest absolute Gasteiger partial charge is 0.149 e. The molecular weight excluding hydrogens is 361 g/mol. The van der Waals surface area contributed by atoms with Gasteiger partial charge in [0.05, 0.1) is 11.9 Å². The van der Waals surface area contributed by atoms with Crippen molar-refractivity contribution >= 4 is 21.9 Å². The number of fused-ring (bicyclic) bond motifs is 3. The highest BCUT2D eigenvalue weighted by atomic mass is 19.1. The molecular formula is C26H20FNO. The van der Waals surface area contributed by atoms with Gasteiger partial charge in [0.2, 0.25) is 0 Å². The number of furan rings is 1. The SMILES string of the molecule is Cc1cc(C)c(-c2cc(-c3cccc4c3oc3ccccc34)ncc2F)cc1C. The number of benzene rings is 3. The molecule has 0 bridgehead atoms. The maximum absolute atomic E-state index is 14.8. The maximum atomic E-state index is 14.8. The van der Waals surface area contributed by atoms with Crippen LogP contribution in [0, 0.1) is 26.6 Å². The van der Waals surface area contributed by atoms with Crippen LogP contribution < -0.4 is 0 Å². The molecule has 0 unspecified atom stereocenters. The summed E-state index contributed by atoms with van der Waals surface area (Å²) in [5.74, 6) is -0.322. The molecule has 142 valence electrons. The summed E-state index contributed by atoms with van der Waals surface area (Å²) in [5, 5.41) is 2.10. The van der Waals surface area contributed by atoms with E-state index in [0.717, 1.165) is 44.2 Å². The van der Waals surface area contributed by atoms with Gasteiger partial charge in [-0.2, -0.15) is 0 Å². The molecule has 3 aromatic carbocycles. The quantitative estimate of drug-likeness (QED) is 0.319. The first-order chi connectivity index (χ1) is 14.0. The van der Waals surface area contributed by atoms with Gasteiger partial charge in [0.15, 0.2) is 0 Å². The van der Waals surface area contributed by atoms with Crippen molar-refractivity contribution in [3.63, 3.8) is 0 Å². The van der Waals surface area contributed by atoms with Gasteiger partial charge in [-0.15, -0.1) is 0 Å². The molecule has 5 rings (SSSR count). The number of aryl methyl sites for hydroxylation is 3. The molecule has 0 aliphatic heterocycles. The van der Waals surface area contributed by atoms with Crippen LogP contribution >= 0.6 is 0 Å². The summed E-state index contributed by atoms with van der Waals surface area (Å²) in [6.07, 6.45) is 1.31. The van der Waals surface area contributed by atoms with Gasteiger partial charge in [0, 0.05) is 21.9 Å². The molecule has 2 aromatic heterocycles. The van der Waals surface area contributed by atoms with Crippen LogP contribution in [0.2, 0.25) is 0 Å². The first kappa shape index (κ1) is 17.6. The second-order valence-electron chi connectivity index (χ2n) is 7.58. The number of hydrogen-bond acceptors (Lipinski definition) is 2. The third-order valence-corrected chi connectivity index (χ3v) is 5.67. The number of para-hydroxylation sites is 2. The zero-order valence-electron chi connectivity index (χ0n) is 16.6. The summed E-state index contributed by atoms with van der Waals surface area (Å²) in [7, 11) is 0. The predicted molar refractivity (Wildman–Crippen MR) is 117 cm³/mol. The Labute approximate surface area is 168 Å². The molecule has 0 fully saturated rings. The van der Waals surface area contributed by atoms with E-state index in [9.17, 15) is 4.39 Å².